The molecular formula is C13H24N2O3. The molecule has 2 amide bonds. The molecular weight excluding hydrogens is 232 g/mol. The number of aliphatic carboxylic acids is 1. The van der Waals surface area contributed by atoms with Gasteiger partial charge < -0.3 is 15.3 Å². The number of hydrogen-bond acceptors (Lipinski definition) is 2. The lowest BCUT2D eigenvalue weighted by molar-refractivity contribution is -0.143. The zero-order chi connectivity index (χ0) is 13.8. The highest BCUT2D eigenvalue weighted by Gasteiger charge is 2.28. The number of piperidine rings is 1. The fourth-order valence-electron chi connectivity index (χ4n) is 1.91. The molecule has 1 saturated heterocycles. The minimum Gasteiger partial charge on any atom is -0.481 e. The normalized spacial score (nSPS) is 20.6. The quantitative estimate of drug-likeness (QED) is 0.807. The Morgan fingerprint density at radius 3 is 2.67 bits per heavy atom. The maximum absolute atomic E-state index is 12.0. The molecule has 5 heteroatoms. The number of urea groups is 1. The van der Waals surface area contributed by atoms with Gasteiger partial charge in [0.05, 0.1) is 5.92 Å². The second-order valence-electron chi connectivity index (χ2n) is 5.80. The van der Waals surface area contributed by atoms with Gasteiger partial charge in [0.15, 0.2) is 0 Å². The molecule has 0 aliphatic carbocycles. The lowest BCUT2D eigenvalue weighted by Crippen LogP contribution is -2.48. The molecule has 0 unspecified atom stereocenters. The maximum atomic E-state index is 12.0. The summed E-state index contributed by atoms with van der Waals surface area (Å²) in [6.45, 7) is 7.90. The third kappa shape index (κ3) is 4.20. The van der Waals surface area contributed by atoms with Crippen LogP contribution in [0, 0.1) is 11.3 Å². The number of hydrogen-bond donors (Lipinski definition) is 2. The van der Waals surface area contributed by atoms with Gasteiger partial charge in [0, 0.05) is 19.6 Å². The first-order valence-electron chi connectivity index (χ1n) is 6.61. The topological polar surface area (TPSA) is 69.6 Å². The zero-order valence-electron chi connectivity index (χ0n) is 11.5. The van der Waals surface area contributed by atoms with Crippen molar-refractivity contribution in [2.24, 2.45) is 11.3 Å². The fourth-order valence-corrected chi connectivity index (χ4v) is 1.91. The highest BCUT2D eigenvalue weighted by atomic mass is 16.4. The van der Waals surface area contributed by atoms with Gasteiger partial charge in [-0.1, -0.05) is 20.8 Å². The molecule has 104 valence electrons. The van der Waals surface area contributed by atoms with E-state index >= 15 is 0 Å². The van der Waals surface area contributed by atoms with E-state index in [1.54, 1.807) is 4.90 Å². The Hall–Kier alpha value is -1.26. The number of rotatable bonds is 4. The van der Waals surface area contributed by atoms with Crippen molar-refractivity contribution >= 4 is 12.0 Å². The summed E-state index contributed by atoms with van der Waals surface area (Å²) in [5.41, 5.74) is 0.0810. The van der Waals surface area contributed by atoms with Crippen molar-refractivity contribution in [3.05, 3.63) is 0 Å². The van der Waals surface area contributed by atoms with Gasteiger partial charge in [-0.15, -0.1) is 0 Å². The second-order valence-corrected chi connectivity index (χ2v) is 5.80. The SMILES string of the molecule is CCC(C)(C)CNC(=O)N1CCC[C@H](C(=O)O)C1. The molecule has 1 rings (SSSR count). The van der Waals surface area contributed by atoms with Crippen molar-refractivity contribution in [2.45, 2.75) is 40.0 Å². The molecule has 1 atom stereocenters. The molecule has 2 N–H and O–H groups in total. The minimum atomic E-state index is -0.804. The fraction of sp³-hybridized carbons (Fsp3) is 0.846. The monoisotopic (exact) mass is 256 g/mol. The number of carbonyl (C=O) groups is 2. The molecule has 0 aromatic rings. The number of carboxylic acids is 1. The standard InChI is InChI=1S/C13H24N2O3/c1-4-13(2,3)9-14-12(18)15-7-5-6-10(8-15)11(16)17/h10H,4-9H2,1-3H3,(H,14,18)(H,16,17)/t10-/m0/s1. The molecule has 0 saturated carbocycles. The largest absolute Gasteiger partial charge is 0.481 e. The summed E-state index contributed by atoms with van der Waals surface area (Å²) in [6.07, 6.45) is 2.42. The molecule has 0 aromatic heterocycles. The summed E-state index contributed by atoms with van der Waals surface area (Å²) in [5.74, 6) is -1.22. The lowest BCUT2D eigenvalue weighted by atomic mass is 9.90. The van der Waals surface area contributed by atoms with Crippen molar-refractivity contribution in [3.63, 3.8) is 0 Å². The molecule has 1 aliphatic rings. The Morgan fingerprint density at radius 1 is 1.44 bits per heavy atom. The second kappa shape index (κ2) is 6.07. The van der Waals surface area contributed by atoms with Crippen molar-refractivity contribution in [1.29, 1.82) is 0 Å². The van der Waals surface area contributed by atoms with Crippen molar-refractivity contribution < 1.29 is 14.7 Å². The molecule has 1 aliphatic heterocycles. The molecule has 1 heterocycles. The van der Waals surface area contributed by atoms with Gasteiger partial charge in [-0.3, -0.25) is 4.79 Å². The first-order chi connectivity index (χ1) is 8.35. The van der Waals surface area contributed by atoms with Gasteiger partial charge in [0.2, 0.25) is 0 Å². The van der Waals surface area contributed by atoms with E-state index in [4.69, 9.17) is 5.11 Å². The van der Waals surface area contributed by atoms with Crippen LogP contribution in [0.15, 0.2) is 0 Å². The van der Waals surface area contributed by atoms with E-state index in [1.165, 1.54) is 0 Å². The van der Waals surface area contributed by atoms with Crippen LogP contribution in [0.25, 0.3) is 0 Å². The van der Waals surface area contributed by atoms with Crippen LogP contribution in [0.5, 0.6) is 0 Å². The molecule has 18 heavy (non-hydrogen) atoms. The summed E-state index contributed by atoms with van der Waals surface area (Å²) >= 11 is 0. The van der Waals surface area contributed by atoms with E-state index < -0.39 is 11.9 Å². The van der Waals surface area contributed by atoms with Gasteiger partial charge in [-0.2, -0.15) is 0 Å². The molecule has 0 bridgehead atoms. The third-order valence-electron chi connectivity index (χ3n) is 3.73. The number of carbonyl (C=O) groups excluding carboxylic acids is 1. The van der Waals surface area contributed by atoms with Crippen molar-refractivity contribution in [2.75, 3.05) is 19.6 Å². The highest BCUT2D eigenvalue weighted by molar-refractivity contribution is 5.76. The van der Waals surface area contributed by atoms with Crippen LogP contribution in [-0.4, -0.2) is 41.6 Å². The van der Waals surface area contributed by atoms with Crippen molar-refractivity contribution in [3.8, 4) is 0 Å². The van der Waals surface area contributed by atoms with Crippen molar-refractivity contribution in [1.82, 2.24) is 10.2 Å². The number of carboxylic acid groups (broad SMARTS) is 1. The van der Waals surface area contributed by atoms with Crippen LogP contribution in [-0.2, 0) is 4.79 Å². The average molecular weight is 256 g/mol. The predicted molar refractivity (Wildman–Crippen MR) is 69.4 cm³/mol. The number of nitrogens with one attached hydrogen (secondary N) is 1. The van der Waals surface area contributed by atoms with E-state index in [1.807, 2.05) is 0 Å². The number of likely N-dealkylation sites (tertiary alicyclic amines) is 1. The van der Waals surface area contributed by atoms with E-state index in [0.29, 0.717) is 26.1 Å². The van der Waals surface area contributed by atoms with Crippen LogP contribution in [0.4, 0.5) is 4.79 Å². The van der Waals surface area contributed by atoms with Gasteiger partial charge >= 0.3 is 12.0 Å². The summed E-state index contributed by atoms with van der Waals surface area (Å²) in [4.78, 5) is 24.5. The van der Waals surface area contributed by atoms with E-state index in [2.05, 4.69) is 26.1 Å². The number of nitrogens with zero attached hydrogens (tertiary/aromatic N) is 1. The summed E-state index contributed by atoms with van der Waals surface area (Å²) < 4.78 is 0. The van der Waals surface area contributed by atoms with Gasteiger partial charge in [-0.25, -0.2) is 4.79 Å². The average Bonchev–Trinajstić information content (AvgIpc) is 2.36. The Morgan fingerprint density at radius 2 is 2.11 bits per heavy atom. The highest BCUT2D eigenvalue weighted by Crippen LogP contribution is 2.19. The minimum absolute atomic E-state index is 0.0810. The van der Waals surface area contributed by atoms with E-state index in [0.717, 1.165) is 12.8 Å². The lowest BCUT2D eigenvalue weighted by Gasteiger charge is -2.32. The molecule has 0 radical (unpaired) electrons. The van der Waals surface area contributed by atoms with Crippen LogP contribution >= 0.6 is 0 Å². The molecule has 0 spiro atoms. The smallest absolute Gasteiger partial charge is 0.317 e. The van der Waals surface area contributed by atoms with E-state index in [9.17, 15) is 9.59 Å². The summed E-state index contributed by atoms with van der Waals surface area (Å²) in [7, 11) is 0. The molecule has 1 fully saturated rings. The predicted octanol–water partition coefficient (Wildman–Crippen LogP) is 1.93. The van der Waals surface area contributed by atoms with Crippen LogP contribution in [0.3, 0.4) is 0 Å². The van der Waals surface area contributed by atoms with Crippen LogP contribution in [0.1, 0.15) is 40.0 Å². The summed E-state index contributed by atoms with van der Waals surface area (Å²) in [5, 5.41) is 11.9. The Labute approximate surface area is 109 Å². The Bertz CT molecular complexity index is 315. The Kier molecular flexibility index (Phi) is 4.99. The van der Waals surface area contributed by atoms with Crippen LogP contribution < -0.4 is 5.32 Å². The van der Waals surface area contributed by atoms with Gasteiger partial charge in [0.1, 0.15) is 0 Å². The van der Waals surface area contributed by atoms with E-state index in [-0.39, 0.29) is 11.4 Å². The first-order valence-corrected chi connectivity index (χ1v) is 6.61. The number of amides is 2. The summed E-state index contributed by atoms with van der Waals surface area (Å²) in [6, 6.07) is -0.137. The molecule has 5 nitrogen and oxygen atoms in total. The molecule has 0 aromatic carbocycles. The Balaban J connectivity index is 2.44. The maximum Gasteiger partial charge on any atom is 0.317 e. The zero-order valence-corrected chi connectivity index (χ0v) is 11.5. The van der Waals surface area contributed by atoms with Crippen LogP contribution in [0.2, 0.25) is 0 Å². The van der Waals surface area contributed by atoms with Gasteiger partial charge in [0.25, 0.3) is 0 Å². The third-order valence-corrected chi connectivity index (χ3v) is 3.73. The first kappa shape index (κ1) is 14.8. The van der Waals surface area contributed by atoms with Gasteiger partial charge in [-0.05, 0) is 24.7 Å².